The van der Waals surface area contributed by atoms with Gasteiger partial charge in [0.05, 0.1) is 19.3 Å². The second-order valence-electron chi connectivity index (χ2n) is 6.82. The largest absolute Gasteiger partial charge is 0.492 e. The lowest BCUT2D eigenvalue weighted by atomic mass is 10.1. The van der Waals surface area contributed by atoms with E-state index in [9.17, 15) is 4.79 Å². The summed E-state index contributed by atoms with van der Waals surface area (Å²) in [5.74, 6) is 0.382. The zero-order valence-electron chi connectivity index (χ0n) is 15.6. The molecule has 0 fully saturated rings. The zero-order chi connectivity index (χ0) is 17.9. The standard InChI is InChI=1S/C20H31NO4/c1-16(2)25-20(22)18-17-12-13-21-19(18)24-15-11-9-7-5-3-4-6-8-10-14-23-17/h12-13,16H,3-11,14-15H2,1-2H3. The number of carbonyl (C=O) groups excluding carboxylic acids is 1. The Hall–Kier alpha value is -1.78. The highest BCUT2D eigenvalue weighted by molar-refractivity contribution is 5.95. The number of nitrogens with zero attached hydrogens (tertiary/aromatic N) is 1. The van der Waals surface area contributed by atoms with Crippen LogP contribution < -0.4 is 9.47 Å². The van der Waals surface area contributed by atoms with Crippen molar-refractivity contribution in [2.45, 2.75) is 77.7 Å². The smallest absolute Gasteiger partial charge is 0.347 e. The molecule has 0 spiro atoms. The van der Waals surface area contributed by atoms with Crippen LogP contribution in [0, 0.1) is 0 Å². The molecule has 0 amide bonds. The van der Waals surface area contributed by atoms with Crippen LogP contribution in [0.15, 0.2) is 12.3 Å². The molecule has 0 saturated carbocycles. The Morgan fingerprint density at radius 2 is 1.52 bits per heavy atom. The molecule has 5 nitrogen and oxygen atoms in total. The Kier molecular flexibility index (Phi) is 8.56. The van der Waals surface area contributed by atoms with E-state index >= 15 is 0 Å². The Balaban J connectivity index is 2.14. The van der Waals surface area contributed by atoms with E-state index in [0.29, 0.717) is 30.4 Å². The molecule has 2 rings (SSSR count). The van der Waals surface area contributed by atoms with Gasteiger partial charge in [-0.3, -0.25) is 0 Å². The first-order valence-corrected chi connectivity index (χ1v) is 9.64. The number of pyridine rings is 1. The second kappa shape index (κ2) is 11.0. The Morgan fingerprint density at radius 1 is 0.960 bits per heavy atom. The summed E-state index contributed by atoms with van der Waals surface area (Å²) in [7, 11) is 0. The van der Waals surface area contributed by atoms with E-state index in [1.54, 1.807) is 12.3 Å². The highest BCUT2D eigenvalue weighted by Crippen LogP contribution is 2.28. The minimum atomic E-state index is -0.436. The van der Waals surface area contributed by atoms with E-state index in [4.69, 9.17) is 14.2 Å². The van der Waals surface area contributed by atoms with Crippen molar-refractivity contribution in [2.24, 2.45) is 0 Å². The highest BCUT2D eigenvalue weighted by Gasteiger charge is 2.23. The molecule has 2 bridgehead atoms. The number of aromatic nitrogens is 1. The number of fused-ring (bicyclic) bond motifs is 2. The number of ether oxygens (including phenoxy) is 3. The van der Waals surface area contributed by atoms with E-state index < -0.39 is 5.97 Å². The van der Waals surface area contributed by atoms with Gasteiger partial charge in [0.15, 0.2) is 5.56 Å². The predicted molar refractivity (Wildman–Crippen MR) is 97.3 cm³/mol. The molecule has 0 radical (unpaired) electrons. The van der Waals surface area contributed by atoms with Gasteiger partial charge in [0.25, 0.3) is 0 Å². The van der Waals surface area contributed by atoms with Crippen LogP contribution in [0.25, 0.3) is 0 Å². The topological polar surface area (TPSA) is 57.7 Å². The average molecular weight is 349 g/mol. The van der Waals surface area contributed by atoms with Crippen molar-refractivity contribution in [1.29, 1.82) is 0 Å². The summed E-state index contributed by atoms with van der Waals surface area (Å²) >= 11 is 0. The third-order valence-corrected chi connectivity index (χ3v) is 4.21. The highest BCUT2D eigenvalue weighted by atomic mass is 16.5. The normalized spacial score (nSPS) is 17.4. The van der Waals surface area contributed by atoms with Gasteiger partial charge in [0, 0.05) is 6.20 Å². The molecule has 1 aromatic heterocycles. The summed E-state index contributed by atoms with van der Waals surface area (Å²) in [6, 6.07) is 1.72. The molecule has 0 unspecified atom stereocenters. The molecule has 0 N–H and O–H groups in total. The van der Waals surface area contributed by atoms with Crippen LogP contribution in [-0.2, 0) is 4.74 Å². The Labute approximate surface area is 151 Å². The molecule has 0 aromatic carbocycles. The molecule has 0 saturated heterocycles. The van der Waals surface area contributed by atoms with Crippen molar-refractivity contribution in [2.75, 3.05) is 13.2 Å². The van der Waals surface area contributed by atoms with E-state index in [1.165, 1.54) is 32.1 Å². The molecular weight excluding hydrogens is 318 g/mol. The molecule has 1 aliphatic rings. The van der Waals surface area contributed by atoms with Crippen LogP contribution in [-0.4, -0.2) is 30.3 Å². The van der Waals surface area contributed by atoms with Crippen molar-refractivity contribution in [1.82, 2.24) is 4.98 Å². The van der Waals surface area contributed by atoms with Gasteiger partial charge < -0.3 is 14.2 Å². The SMILES string of the molecule is CC(C)OC(=O)c1c2ccnc1OCCCCCCCCCCCO2. The molecule has 5 heteroatoms. The van der Waals surface area contributed by atoms with Gasteiger partial charge in [-0.25, -0.2) is 9.78 Å². The van der Waals surface area contributed by atoms with Crippen LogP contribution in [0.1, 0.15) is 82.0 Å². The molecule has 1 aliphatic heterocycles. The monoisotopic (exact) mass is 349 g/mol. The van der Waals surface area contributed by atoms with Gasteiger partial charge in [-0.2, -0.15) is 0 Å². The molecule has 0 aliphatic carbocycles. The Bertz CT molecular complexity index is 498. The quantitative estimate of drug-likeness (QED) is 0.709. The van der Waals surface area contributed by atoms with Crippen molar-refractivity contribution < 1.29 is 19.0 Å². The first kappa shape index (κ1) is 19.5. The Morgan fingerprint density at radius 3 is 2.12 bits per heavy atom. The molecule has 25 heavy (non-hydrogen) atoms. The van der Waals surface area contributed by atoms with E-state index in [2.05, 4.69) is 4.98 Å². The maximum Gasteiger partial charge on any atom is 0.347 e. The molecule has 2 heterocycles. The fourth-order valence-electron chi connectivity index (χ4n) is 2.91. The van der Waals surface area contributed by atoms with E-state index in [0.717, 1.165) is 25.7 Å². The average Bonchev–Trinajstić information content (AvgIpc) is 2.57. The molecular formula is C20H31NO4. The van der Waals surface area contributed by atoms with Crippen molar-refractivity contribution in [3.8, 4) is 11.6 Å². The number of hydrogen-bond acceptors (Lipinski definition) is 5. The number of carbonyl (C=O) groups is 1. The summed E-state index contributed by atoms with van der Waals surface area (Å²) in [5.41, 5.74) is 0.309. The first-order valence-electron chi connectivity index (χ1n) is 9.64. The zero-order valence-corrected chi connectivity index (χ0v) is 15.6. The third-order valence-electron chi connectivity index (χ3n) is 4.21. The van der Waals surface area contributed by atoms with Crippen LogP contribution in [0.5, 0.6) is 11.6 Å². The van der Waals surface area contributed by atoms with Crippen molar-refractivity contribution in [3.05, 3.63) is 17.8 Å². The summed E-state index contributed by atoms with van der Waals surface area (Å²) in [4.78, 5) is 16.7. The van der Waals surface area contributed by atoms with Crippen LogP contribution in [0.4, 0.5) is 0 Å². The fourth-order valence-corrected chi connectivity index (χ4v) is 2.91. The lowest BCUT2D eigenvalue weighted by Crippen LogP contribution is -2.16. The lowest BCUT2D eigenvalue weighted by molar-refractivity contribution is 0.0367. The van der Waals surface area contributed by atoms with Crippen LogP contribution in [0.3, 0.4) is 0 Å². The van der Waals surface area contributed by atoms with Gasteiger partial charge in [-0.05, 0) is 32.8 Å². The maximum absolute atomic E-state index is 12.5. The summed E-state index contributed by atoms with van der Waals surface area (Å²) < 4.78 is 17.0. The first-order chi connectivity index (χ1) is 12.2. The second-order valence-corrected chi connectivity index (χ2v) is 6.82. The molecule has 140 valence electrons. The predicted octanol–water partition coefficient (Wildman–Crippen LogP) is 4.93. The van der Waals surface area contributed by atoms with Crippen LogP contribution in [0.2, 0.25) is 0 Å². The van der Waals surface area contributed by atoms with Crippen molar-refractivity contribution in [3.63, 3.8) is 0 Å². The van der Waals surface area contributed by atoms with Gasteiger partial charge in [0.1, 0.15) is 5.75 Å². The summed E-state index contributed by atoms with van der Waals surface area (Å²) in [6.45, 7) is 4.80. The number of rotatable bonds is 2. The minimum absolute atomic E-state index is 0.203. The van der Waals surface area contributed by atoms with Gasteiger partial charge >= 0.3 is 5.97 Å². The molecule has 1 aromatic rings. The number of esters is 1. The van der Waals surface area contributed by atoms with E-state index in [-0.39, 0.29) is 6.10 Å². The van der Waals surface area contributed by atoms with E-state index in [1.807, 2.05) is 13.8 Å². The van der Waals surface area contributed by atoms with Crippen molar-refractivity contribution >= 4 is 5.97 Å². The summed E-state index contributed by atoms with van der Waals surface area (Å²) in [5, 5.41) is 0. The minimum Gasteiger partial charge on any atom is -0.492 e. The van der Waals surface area contributed by atoms with Gasteiger partial charge in [-0.15, -0.1) is 0 Å². The fraction of sp³-hybridized carbons (Fsp3) is 0.700. The van der Waals surface area contributed by atoms with Gasteiger partial charge in [-0.1, -0.05) is 44.9 Å². The molecule has 0 atom stereocenters. The summed E-state index contributed by atoms with van der Waals surface area (Å²) in [6.07, 6.45) is 12.0. The lowest BCUT2D eigenvalue weighted by Gasteiger charge is -2.16. The number of hydrogen-bond donors (Lipinski definition) is 0. The van der Waals surface area contributed by atoms with Crippen LogP contribution >= 0.6 is 0 Å². The third kappa shape index (κ3) is 6.92. The van der Waals surface area contributed by atoms with Gasteiger partial charge in [0.2, 0.25) is 5.88 Å². The maximum atomic E-state index is 12.5.